The zero-order chi connectivity index (χ0) is 9.07. The predicted octanol–water partition coefficient (Wildman–Crippen LogP) is 0.437. The van der Waals surface area contributed by atoms with Crippen LogP contribution in [0.4, 0.5) is 13.2 Å². The molecule has 11 heavy (non-hydrogen) atoms. The van der Waals surface area contributed by atoms with Crippen LogP contribution in [0.15, 0.2) is 5.10 Å². The zero-order valence-corrected chi connectivity index (χ0v) is 7.73. The van der Waals surface area contributed by atoms with Crippen LogP contribution < -0.4 is 0 Å². The van der Waals surface area contributed by atoms with Crippen molar-refractivity contribution in [3.05, 3.63) is 0 Å². The first-order valence-corrected chi connectivity index (χ1v) is 3.52. The molecule has 0 heterocycles. The van der Waals surface area contributed by atoms with Crippen LogP contribution in [0.2, 0.25) is 0 Å². The average Bonchev–Trinajstić information content (AvgIpc) is 1.80. The van der Waals surface area contributed by atoms with Crippen LogP contribution >= 0.6 is 0 Å². The molecule has 0 aromatic rings. The fraction of sp³-hybridized carbons (Fsp3) is 0.600. The third kappa shape index (κ3) is 4.98. The van der Waals surface area contributed by atoms with Crippen molar-refractivity contribution < 1.29 is 13.2 Å². The van der Waals surface area contributed by atoms with E-state index in [-0.39, 0.29) is 0 Å². The first-order valence-electron chi connectivity index (χ1n) is 2.66. The number of alkyl halides is 3. The van der Waals surface area contributed by atoms with Crippen LogP contribution in [0.25, 0.3) is 0 Å². The van der Waals surface area contributed by atoms with Gasteiger partial charge in [-0.05, 0) is 0 Å². The maximum absolute atomic E-state index is 11.7. The number of nitrogens with zero attached hydrogens (tertiary/aromatic N) is 2. The van der Waals surface area contributed by atoms with Crippen molar-refractivity contribution >= 4 is 26.2 Å². The molecule has 0 fully saturated rings. The SMILES string of the molecule is CN(C)/N=C/C(=[Se])C(F)(F)F. The van der Waals surface area contributed by atoms with E-state index in [1.54, 1.807) is 14.1 Å². The number of halogens is 3. The number of rotatable bonds is 2. The second-order valence-corrected chi connectivity index (χ2v) is 2.88. The minimum absolute atomic E-state index is 0.736. The Kier molecular flexibility index (Phi) is 3.75. The van der Waals surface area contributed by atoms with Gasteiger partial charge < -0.3 is 0 Å². The fourth-order valence-electron chi connectivity index (χ4n) is 0.241. The van der Waals surface area contributed by atoms with E-state index in [2.05, 4.69) is 5.10 Å². The fourth-order valence-corrected chi connectivity index (χ4v) is 0.340. The Morgan fingerprint density at radius 3 is 2.18 bits per heavy atom. The van der Waals surface area contributed by atoms with Gasteiger partial charge in [-0.2, -0.15) is 0 Å². The first kappa shape index (κ1) is 10.6. The van der Waals surface area contributed by atoms with Gasteiger partial charge in [-0.25, -0.2) is 0 Å². The molecule has 0 aliphatic heterocycles. The van der Waals surface area contributed by atoms with Crippen molar-refractivity contribution in [1.82, 2.24) is 5.01 Å². The zero-order valence-electron chi connectivity index (χ0n) is 6.01. The molecular weight excluding hydrogens is 224 g/mol. The van der Waals surface area contributed by atoms with Gasteiger partial charge in [-0.1, -0.05) is 0 Å². The summed E-state index contributed by atoms with van der Waals surface area (Å²) >= 11 is 1.89. The Bertz CT molecular complexity index is 173. The maximum atomic E-state index is 11.7. The quantitative estimate of drug-likeness (QED) is 0.382. The van der Waals surface area contributed by atoms with Crippen molar-refractivity contribution in [2.24, 2.45) is 5.10 Å². The average molecular weight is 231 g/mol. The molecule has 0 saturated heterocycles. The van der Waals surface area contributed by atoms with Crippen LogP contribution in [0.3, 0.4) is 0 Å². The summed E-state index contributed by atoms with van der Waals surface area (Å²) in [5.41, 5.74) is 0. The Balaban J connectivity index is 4.09. The van der Waals surface area contributed by atoms with Gasteiger partial charge >= 0.3 is 69.8 Å². The molecular formula is C5H7F3N2Se. The van der Waals surface area contributed by atoms with Crippen molar-refractivity contribution in [2.45, 2.75) is 6.18 Å². The van der Waals surface area contributed by atoms with Crippen molar-refractivity contribution in [2.75, 3.05) is 14.1 Å². The second-order valence-electron chi connectivity index (χ2n) is 1.95. The van der Waals surface area contributed by atoms with Crippen LogP contribution in [0.5, 0.6) is 0 Å². The van der Waals surface area contributed by atoms with Crippen molar-refractivity contribution in [1.29, 1.82) is 0 Å². The van der Waals surface area contributed by atoms with Gasteiger partial charge in [0.25, 0.3) is 0 Å². The summed E-state index contributed by atoms with van der Waals surface area (Å²) in [4.78, 5) is 0. The van der Waals surface area contributed by atoms with Crippen LogP contribution in [-0.2, 0) is 0 Å². The van der Waals surface area contributed by atoms with Gasteiger partial charge in [0.2, 0.25) is 0 Å². The van der Waals surface area contributed by atoms with E-state index in [1.165, 1.54) is 5.01 Å². The second kappa shape index (κ2) is 3.87. The summed E-state index contributed by atoms with van der Waals surface area (Å²) in [6, 6.07) is 0. The molecule has 0 atom stereocenters. The molecule has 2 nitrogen and oxygen atoms in total. The van der Waals surface area contributed by atoms with E-state index in [9.17, 15) is 13.2 Å². The molecule has 0 amide bonds. The molecule has 6 heteroatoms. The van der Waals surface area contributed by atoms with Gasteiger partial charge in [0.15, 0.2) is 0 Å². The molecule has 0 aliphatic carbocycles. The van der Waals surface area contributed by atoms with E-state index in [1.807, 2.05) is 15.6 Å². The first-order chi connectivity index (χ1) is 4.84. The molecule has 0 aromatic carbocycles. The van der Waals surface area contributed by atoms with Gasteiger partial charge in [0, 0.05) is 0 Å². The number of hydrazone groups is 1. The van der Waals surface area contributed by atoms with E-state index in [0.29, 0.717) is 0 Å². The third-order valence-corrected chi connectivity index (χ3v) is 1.39. The van der Waals surface area contributed by atoms with Crippen molar-refractivity contribution in [3.8, 4) is 0 Å². The van der Waals surface area contributed by atoms with Crippen LogP contribution in [0.1, 0.15) is 0 Å². The topological polar surface area (TPSA) is 15.6 Å². The minimum atomic E-state index is -4.32. The molecule has 64 valence electrons. The Morgan fingerprint density at radius 1 is 1.45 bits per heavy atom. The number of hydrogen-bond acceptors (Lipinski definition) is 2. The normalized spacial score (nSPS) is 12.1. The van der Waals surface area contributed by atoms with Gasteiger partial charge in [0.1, 0.15) is 0 Å². The summed E-state index contributed by atoms with van der Waals surface area (Å²) in [6.07, 6.45) is -3.58. The molecule has 0 spiro atoms. The molecule has 0 unspecified atom stereocenters. The summed E-state index contributed by atoms with van der Waals surface area (Å²) < 4.78 is 34.3. The molecule has 0 bridgehead atoms. The summed E-state index contributed by atoms with van der Waals surface area (Å²) in [5, 5.41) is 4.69. The number of hydrogen-bond donors (Lipinski definition) is 0. The molecule has 0 aliphatic rings. The molecule has 0 rings (SSSR count). The Morgan fingerprint density at radius 2 is 1.91 bits per heavy atom. The predicted molar refractivity (Wildman–Crippen MR) is 39.0 cm³/mol. The van der Waals surface area contributed by atoms with Gasteiger partial charge in [-0.15, -0.1) is 0 Å². The molecule has 0 saturated carbocycles. The Hall–Kier alpha value is -0.351. The monoisotopic (exact) mass is 232 g/mol. The summed E-state index contributed by atoms with van der Waals surface area (Å²) in [6.45, 7) is 0. The van der Waals surface area contributed by atoms with E-state index in [0.717, 1.165) is 6.21 Å². The third-order valence-electron chi connectivity index (χ3n) is 0.685. The standard InChI is InChI=1S/C5H7F3N2Se/c1-10(2)9-3-4(11)5(6,7)8/h3H,1-2H3/b9-3+. The molecule has 0 aromatic heterocycles. The molecule has 0 radical (unpaired) electrons. The Labute approximate surface area is 70.4 Å². The van der Waals surface area contributed by atoms with E-state index in [4.69, 9.17) is 0 Å². The summed E-state index contributed by atoms with van der Waals surface area (Å²) in [7, 11) is 3.08. The van der Waals surface area contributed by atoms with Gasteiger partial charge in [0.05, 0.1) is 0 Å². The molecule has 0 N–H and O–H groups in total. The van der Waals surface area contributed by atoms with Gasteiger partial charge in [-0.3, -0.25) is 0 Å². The summed E-state index contributed by atoms with van der Waals surface area (Å²) in [5.74, 6) is 0. The van der Waals surface area contributed by atoms with E-state index < -0.39 is 10.6 Å². The van der Waals surface area contributed by atoms with Crippen molar-refractivity contribution in [3.63, 3.8) is 0 Å². The van der Waals surface area contributed by atoms with Crippen LogP contribution in [-0.4, -0.2) is 51.5 Å². The van der Waals surface area contributed by atoms with E-state index >= 15 is 0 Å². The van der Waals surface area contributed by atoms with Crippen LogP contribution in [0, 0.1) is 0 Å².